The number of hydrogen-bond donors (Lipinski definition) is 1. The molecule has 1 aromatic carbocycles. The predicted octanol–water partition coefficient (Wildman–Crippen LogP) is 3.68. The lowest BCUT2D eigenvalue weighted by Gasteiger charge is -2.10. The van der Waals surface area contributed by atoms with Crippen LogP contribution < -0.4 is 10.5 Å². The second-order valence-corrected chi connectivity index (χ2v) is 4.05. The molecule has 0 aliphatic carbocycles. The number of halogens is 1. The van der Waals surface area contributed by atoms with Gasteiger partial charge >= 0.3 is 0 Å². The topological polar surface area (TPSA) is 35.2 Å². The Morgan fingerprint density at radius 3 is 2.69 bits per heavy atom. The molecule has 0 saturated heterocycles. The molecule has 90 valence electrons. The summed E-state index contributed by atoms with van der Waals surface area (Å²) in [6.45, 7) is 4.52. The molecule has 0 aliphatic heterocycles. The first-order chi connectivity index (χ1) is 7.65. The van der Waals surface area contributed by atoms with Crippen LogP contribution in [-0.2, 0) is 0 Å². The fourth-order valence-corrected chi connectivity index (χ4v) is 1.51. The highest BCUT2D eigenvalue weighted by Crippen LogP contribution is 2.25. The Labute approximate surface area is 96.6 Å². The Morgan fingerprint density at radius 1 is 1.25 bits per heavy atom. The van der Waals surface area contributed by atoms with E-state index in [2.05, 4.69) is 6.92 Å². The van der Waals surface area contributed by atoms with Gasteiger partial charge in [-0.3, -0.25) is 0 Å². The molecule has 0 atom stereocenters. The van der Waals surface area contributed by atoms with Crippen molar-refractivity contribution in [2.24, 2.45) is 0 Å². The van der Waals surface area contributed by atoms with E-state index in [4.69, 9.17) is 10.5 Å². The lowest BCUT2D eigenvalue weighted by atomic mass is 10.2. The third kappa shape index (κ3) is 3.72. The van der Waals surface area contributed by atoms with Gasteiger partial charge in [0.2, 0.25) is 0 Å². The first kappa shape index (κ1) is 12.8. The molecule has 2 N–H and O–H groups in total. The molecule has 1 rings (SSSR count). The Morgan fingerprint density at radius 2 is 2.00 bits per heavy atom. The zero-order valence-corrected chi connectivity index (χ0v) is 10.1. The molecule has 0 heterocycles. The number of rotatable bonds is 6. The summed E-state index contributed by atoms with van der Waals surface area (Å²) in [6, 6.07) is 2.97. The van der Waals surface area contributed by atoms with Crippen molar-refractivity contribution in [2.75, 3.05) is 12.3 Å². The van der Waals surface area contributed by atoms with E-state index >= 15 is 0 Å². The summed E-state index contributed by atoms with van der Waals surface area (Å²) in [5.41, 5.74) is 6.61. The predicted molar refractivity (Wildman–Crippen MR) is 65.2 cm³/mol. The number of ether oxygens (including phenoxy) is 1. The molecule has 1 aromatic rings. The smallest absolute Gasteiger partial charge is 0.142 e. The minimum atomic E-state index is -0.282. The van der Waals surface area contributed by atoms with Crippen molar-refractivity contribution >= 4 is 5.69 Å². The molecule has 2 nitrogen and oxygen atoms in total. The standard InChI is InChI=1S/C13H20FNO/c1-3-4-5-6-7-16-13-8-10(2)11(14)9-12(13)15/h8-9H,3-7,15H2,1-2H3. The zero-order valence-electron chi connectivity index (χ0n) is 10.1. The van der Waals surface area contributed by atoms with Gasteiger partial charge in [-0.1, -0.05) is 26.2 Å². The van der Waals surface area contributed by atoms with Crippen LogP contribution in [0.1, 0.15) is 38.2 Å². The van der Waals surface area contributed by atoms with Crippen LogP contribution in [0, 0.1) is 12.7 Å². The fraction of sp³-hybridized carbons (Fsp3) is 0.538. The van der Waals surface area contributed by atoms with Crippen LogP contribution in [0.15, 0.2) is 12.1 Å². The van der Waals surface area contributed by atoms with E-state index in [1.165, 1.54) is 18.9 Å². The normalized spacial score (nSPS) is 10.4. The summed E-state index contributed by atoms with van der Waals surface area (Å²) in [7, 11) is 0. The zero-order chi connectivity index (χ0) is 12.0. The van der Waals surface area contributed by atoms with Gasteiger partial charge in [-0.2, -0.15) is 0 Å². The minimum Gasteiger partial charge on any atom is -0.491 e. The number of nitrogen functional groups attached to an aromatic ring is 1. The lowest BCUT2D eigenvalue weighted by molar-refractivity contribution is 0.306. The quantitative estimate of drug-likeness (QED) is 0.592. The van der Waals surface area contributed by atoms with Crippen LogP contribution in [0.3, 0.4) is 0 Å². The van der Waals surface area contributed by atoms with E-state index in [0.29, 0.717) is 23.6 Å². The number of benzene rings is 1. The Hall–Kier alpha value is -1.25. The largest absolute Gasteiger partial charge is 0.491 e. The molecule has 0 amide bonds. The molecule has 0 aliphatic rings. The van der Waals surface area contributed by atoms with Crippen LogP contribution >= 0.6 is 0 Å². The maximum absolute atomic E-state index is 13.1. The summed E-state index contributed by atoms with van der Waals surface area (Å²) in [6.07, 6.45) is 4.61. The molecule has 0 unspecified atom stereocenters. The molecule has 0 saturated carbocycles. The van der Waals surface area contributed by atoms with Crippen molar-refractivity contribution < 1.29 is 9.13 Å². The Kier molecular flexibility index (Phi) is 5.09. The van der Waals surface area contributed by atoms with Gasteiger partial charge in [0.05, 0.1) is 12.3 Å². The molecule has 0 aromatic heterocycles. The highest BCUT2D eigenvalue weighted by Gasteiger charge is 2.05. The molecule has 0 bridgehead atoms. The minimum absolute atomic E-state index is 0.282. The fourth-order valence-electron chi connectivity index (χ4n) is 1.51. The van der Waals surface area contributed by atoms with Crippen LogP contribution in [0.4, 0.5) is 10.1 Å². The third-order valence-electron chi connectivity index (χ3n) is 2.55. The number of anilines is 1. The molecule has 3 heteroatoms. The summed E-state index contributed by atoms with van der Waals surface area (Å²) in [5, 5.41) is 0. The molecular formula is C13H20FNO. The average molecular weight is 225 g/mol. The van der Waals surface area contributed by atoms with E-state index in [0.717, 1.165) is 12.8 Å². The third-order valence-corrected chi connectivity index (χ3v) is 2.55. The van der Waals surface area contributed by atoms with Gasteiger partial charge in [-0.25, -0.2) is 4.39 Å². The van der Waals surface area contributed by atoms with Crippen LogP contribution in [-0.4, -0.2) is 6.61 Å². The van der Waals surface area contributed by atoms with E-state index < -0.39 is 0 Å². The molecular weight excluding hydrogens is 205 g/mol. The van der Waals surface area contributed by atoms with Crippen molar-refractivity contribution in [1.82, 2.24) is 0 Å². The second-order valence-electron chi connectivity index (χ2n) is 4.05. The van der Waals surface area contributed by atoms with Gasteiger partial charge in [0.1, 0.15) is 11.6 Å². The van der Waals surface area contributed by atoms with Crippen molar-refractivity contribution in [3.63, 3.8) is 0 Å². The highest BCUT2D eigenvalue weighted by atomic mass is 19.1. The molecule has 16 heavy (non-hydrogen) atoms. The van der Waals surface area contributed by atoms with Gasteiger partial charge in [0.15, 0.2) is 0 Å². The highest BCUT2D eigenvalue weighted by molar-refractivity contribution is 5.54. The lowest BCUT2D eigenvalue weighted by Crippen LogP contribution is -2.01. The SMILES string of the molecule is CCCCCCOc1cc(C)c(F)cc1N. The second kappa shape index (κ2) is 6.36. The van der Waals surface area contributed by atoms with Gasteiger partial charge in [-0.15, -0.1) is 0 Å². The van der Waals surface area contributed by atoms with Crippen molar-refractivity contribution in [2.45, 2.75) is 39.5 Å². The number of unbranched alkanes of at least 4 members (excludes halogenated alkanes) is 3. The summed E-state index contributed by atoms with van der Waals surface area (Å²) in [4.78, 5) is 0. The summed E-state index contributed by atoms with van der Waals surface area (Å²) in [5.74, 6) is 0.311. The first-order valence-corrected chi connectivity index (χ1v) is 5.83. The van der Waals surface area contributed by atoms with Crippen molar-refractivity contribution in [3.05, 3.63) is 23.5 Å². The van der Waals surface area contributed by atoms with Crippen molar-refractivity contribution in [3.8, 4) is 5.75 Å². The van der Waals surface area contributed by atoms with E-state index in [1.807, 2.05) is 0 Å². The molecule has 0 radical (unpaired) electrons. The number of nitrogens with two attached hydrogens (primary N) is 1. The van der Waals surface area contributed by atoms with E-state index in [9.17, 15) is 4.39 Å². The summed E-state index contributed by atoms with van der Waals surface area (Å²) >= 11 is 0. The molecule has 0 spiro atoms. The van der Waals surface area contributed by atoms with Crippen molar-refractivity contribution in [1.29, 1.82) is 0 Å². The number of aryl methyl sites for hydroxylation is 1. The number of hydrogen-bond acceptors (Lipinski definition) is 2. The van der Waals surface area contributed by atoms with Crippen LogP contribution in [0.2, 0.25) is 0 Å². The average Bonchev–Trinajstić information content (AvgIpc) is 2.25. The van der Waals surface area contributed by atoms with Gasteiger partial charge in [0.25, 0.3) is 0 Å². The van der Waals surface area contributed by atoms with Crippen LogP contribution in [0.25, 0.3) is 0 Å². The Bertz CT molecular complexity index is 339. The van der Waals surface area contributed by atoms with Gasteiger partial charge in [-0.05, 0) is 25.0 Å². The van der Waals surface area contributed by atoms with Gasteiger partial charge in [0, 0.05) is 6.07 Å². The summed E-state index contributed by atoms with van der Waals surface area (Å²) < 4.78 is 18.6. The molecule has 0 fully saturated rings. The van der Waals surface area contributed by atoms with Gasteiger partial charge < -0.3 is 10.5 Å². The maximum atomic E-state index is 13.1. The van der Waals surface area contributed by atoms with E-state index in [1.54, 1.807) is 13.0 Å². The Balaban J connectivity index is 2.45. The monoisotopic (exact) mass is 225 g/mol. The first-order valence-electron chi connectivity index (χ1n) is 5.83. The maximum Gasteiger partial charge on any atom is 0.142 e. The van der Waals surface area contributed by atoms with Crippen LogP contribution in [0.5, 0.6) is 5.75 Å². The van der Waals surface area contributed by atoms with E-state index in [-0.39, 0.29) is 5.82 Å².